The van der Waals surface area contributed by atoms with Gasteiger partial charge in [-0.3, -0.25) is 0 Å². The van der Waals surface area contributed by atoms with Crippen LogP contribution in [0.5, 0.6) is 0 Å². The number of aliphatic hydroxyl groups excluding tert-OH is 1. The molecule has 7 heteroatoms. The van der Waals surface area contributed by atoms with Gasteiger partial charge in [0.1, 0.15) is 0 Å². The number of nitrogens with zero attached hydrogens (tertiary/aromatic N) is 1. The highest BCUT2D eigenvalue weighted by Crippen LogP contribution is 2.23. The number of morpholine rings is 1. The molecule has 0 aliphatic carbocycles. The summed E-state index contributed by atoms with van der Waals surface area (Å²) in [5, 5.41) is 9.17. The molecule has 0 aromatic heterocycles. The second-order valence-electron chi connectivity index (χ2n) is 6.33. The van der Waals surface area contributed by atoms with Crippen LogP contribution < -0.4 is 4.72 Å². The Bertz CT molecular complexity index is 386. The first-order chi connectivity index (χ1) is 7.95. The fourth-order valence-corrected chi connectivity index (χ4v) is 3.72. The molecule has 1 saturated heterocycles. The van der Waals surface area contributed by atoms with Crippen molar-refractivity contribution < 1.29 is 18.3 Å². The predicted octanol–water partition coefficient (Wildman–Crippen LogP) is 0.0910. The third kappa shape index (κ3) is 4.47. The Morgan fingerprint density at radius 2 is 2.00 bits per heavy atom. The number of hydrogen-bond acceptors (Lipinski definition) is 4. The summed E-state index contributed by atoms with van der Waals surface area (Å²) in [4.78, 5) is 0. The lowest BCUT2D eigenvalue weighted by atomic mass is 10.1. The molecule has 108 valence electrons. The summed E-state index contributed by atoms with van der Waals surface area (Å²) in [6.45, 7) is 9.26. The van der Waals surface area contributed by atoms with Crippen LogP contribution in [0.1, 0.15) is 34.6 Å². The van der Waals surface area contributed by atoms with E-state index in [1.807, 2.05) is 13.8 Å². The van der Waals surface area contributed by atoms with Crippen LogP contribution in [-0.2, 0) is 14.9 Å². The van der Waals surface area contributed by atoms with Gasteiger partial charge in [-0.2, -0.15) is 17.4 Å². The first-order valence-electron chi connectivity index (χ1n) is 6.03. The standard InChI is InChI=1S/C11H24N2O4S/c1-10(2,3)12-18(15,16)13-6-9(7-14)17-11(4,5)8-13/h9,12,14H,6-8H2,1-5H3. The number of nitrogens with one attached hydrogen (secondary N) is 1. The van der Waals surface area contributed by atoms with E-state index in [1.54, 1.807) is 20.8 Å². The molecule has 1 rings (SSSR count). The van der Waals surface area contributed by atoms with Gasteiger partial charge in [0.05, 0.1) is 18.3 Å². The van der Waals surface area contributed by atoms with Crippen LogP contribution in [0.4, 0.5) is 0 Å². The van der Waals surface area contributed by atoms with E-state index in [0.29, 0.717) is 0 Å². The van der Waals surface area contributed by atoms with Gasteiger partial charge in [-0.1, -0.05) is 0 Å². The Kier molecular flexibility index (Phi) is 4.45. The van der Waals surface area contributed by atoms with Crippen molar-refractivity contribution in [1.29, 1.82) is 0 Å². The molecule has 0 aromatic carbocycles. The molecule has 1 aliphatic heterocycles. The van der Waals surface area contributed by atoms with Crippen LogP contribution >= 0.6 is 0 Å². The molecule has 0 bridgehead atoms. The van der Waals surface area contributed by atoms with E-state index in [2.05, 4.69) is 4.72 Å². The van der Waals surface area contributed by atoms with Gasteiger partial charge in [0, 0.05) is 18.6 Å². The fourth-order valence-electron chi connectivity index (χ4n) is 1.97. The zero-order valence-corrected chi connectivity index (χ0v) is 12.5. The van der Waals surface area contributed by atoms with Crippen LogP contribution in [0.3, 0.4) is 0 Å². The maximum absolute atomic E-state index is 12.2. The first kappa shape index (κ1) is 15.8. The highest BCUT2D eigenvalue weighted by Gasteiger charge is 2.39. The van der Waals surface area contributed by atoms with Gasteiger partial charge in [0.2, 0.25) is 0 Å². The smallest absolute Gasteiger partial charge is 0.280 e. The topological polar surface area (TPSA) is 78.9 Å². The summed E-state index contributed by atoms with van der Waals surface area (Å²) in [7, 11) is -3.56. The average Bonchev–Trinajstić information content (AvgIpc) is 2.11. The lowest BCUT2D eigenvalue weighted by Crippen LogP contribution is -2.59. The molecule has 0 spiro atoms. The fraction of sp³-hybridized carbons (Fsp3) is 1.00. The van der Waals surface area contributed by atoms with Crippen molar-refractivity contribution in [3.63, 3.8) is 0 Å². The molecule has 1 atom stereocenters. The van der Waals surface area contributed by atoms with Crippen LogP contribution in [0.25, 0.3) is 0 Å². The second-order valence-corrected chi connectivity index (χ2v) is 8.00. The van der Waals surface area contributed by atoms with E-state index < -0.39 is 27.5 Å². The number of aliphatic hydroxyl groups is 1. The Balaban J connectivity index is 2.88. The van der Waals surface area contributed by atoms with Gasteiger partial charge < -0.3 is 9.84 Å². The monoisotopic (exact) mass is 280 g/mol. The molecule has 2 N–H and O–H groups in total. The highest BCUT2D eigenvalue weighted by molar-refractivity contribution is 7.87. The van der Waals surface area contributed by atoms with Gasteiger partial charge in [0.25, 0.3) is 10.2 Å². The lowest BCUT2D eigenvalue weighted by Gasteiger charge is -2.42. The summed E-state index contributed by atoms with van der Waals surface area (Å²) < 4.78 is 34.0. The highest BCUT2D eigenvalue weighted by atomic mass is 32.2. The molecule has 18 heavy (non-hydrogen) atoms. The van der Waals surface area contributed by atoms with Gasteiger partial charge in [-0.05, 0) is 34.6 Å². The Morgan fingerprint density at radius 1 is 1.44 bits per heavy atom. The summed E-state index contributed by atoms with van der Waals surface area (Å²) in [6, 6.07) is 0. The van der Waals surface area contributed by atoms with Crippen LogP contribution in [0.2, 0.25) is 0 Å². The van der Waals surface area contributed by atoms with Crippen molar-refractivity contribution in [1.82, 2.24) is 9.03 Å². The van der Waals surface area contributed by atoms with Gasteiger partial charge in [0.15, 0.2) is 0 Å². The van der Waals surface area contributed by atoms with Crippen LogP contribution in [0, 0.1) is 0 Å². The van der Waals surface area contributed by atoms with E-state index >= 15 is 0 Å². The molecule has 1 fully saturated rings. The van der Waals surface area contributed by atoms with Crippen LogP contribution in [0.15, 0.2) is 0 Å². The van der Waals surface area contributed by atoms with E-state index in [4.69, 9.17) is 4.74 Å². The molecule has 6 nitrogen and oxygen atoms in total. The maximum atomic E-state index is 12.2. The van der Waals surface area contributed by atoms with Crippen molar-refractivity contribution in [3.05, 3.63) is 0 Å². The number of rotatable bonds is 3. The molecular weight excluding hydrogens is 256 g/mol. The quantitative estimate of drug-likeness (QED) is 0.768. The second kappa shape index (κ2) is 5.05. The maximum Gasteiger partial charge on any atom is 0.280 e. The molecule has 0 aromatic rings. The van der Waals surface area contributed by atoms with Gasteiger partial charge >= 0.3 is 0 Å². The molecule has 0 saturated carbocycles. The van der Waals surface area contributed by atoms with Crippen molar-refractivity contribution >= 4 is 10.2 Å². The normalized spacial score (nSPS) is 26.2. The van der Waals surface area contributed by atoms with Crippen molar-refractivity contribution in [2.45, 2.75) is 51.9 Å². The summed E-state index contributed by atoms with van der Waals surface area (Å²) in [5.74, 6) is 0. The van der Waals surface area contributed by atoms with Crippen LogP contribution in [-0.4, -0.2) is 54.8 Å². The molecule has 1 unspecified atom stereocenters. The molecule has 1 aliphatic rings. The molecule has 1 heterocycles. The van der Waals surface area contributed by atoms with Crippen molar-refractivity contribution in [2.75, 3.05) is 19.7 Å². The molecular formula is C11H24N2O4S. The minimum atomic E-state index is -3.56. The Labute approximate surface area is 109 Å². The van der Waals surface area contributed by atoms with Crippen molar-refractivity contribution in [3.8, 4) is 0 Å². The number of hydrogen-bond donors (Lipinski definition) is 2. The third-order valence-electron chi connectivity index (χ3n) is 2.43. The zero-order valence-electron chi connectivity index (χ0n) is 11.7. The average molecular weight is 280 g/mol. The first-order valence-corrected chi connectivity index (χ1v) is 7.47. The van der Waals surface area contributed by atoms with E-state index in [1.165, 1.54) is 4.31 Å². The Hall–Kier alpha value is -0.210. The minimum Gasteiger partial charge on any atom is -0.394 e. The SMILES string of the molecule is CC(C)(C)NS(=O)(=O)N1CC(CO)OC(C)(C)C1. The minimum absolute atomic E-state index is 0.172. The Morgan fingerprint density at radius 3 is 2.44 bits per heavy atom. The molecule has 0 radical (unpaired) electrons. The summed E-state index contributed by atoms with van der Waals surface area (Å²) >= 11 is 0. The van der Waals surface area contributed by atoms with E-state index in [9.17, 15) is 13.5 Å². The predicted molar refractivity (Wildman–Crippen MR) is 69.4 cm³/mol. The summed E-state index contributed by atoms with van der Waals surface area (Å²) in [6.07, 6.45) is -0.481. The largest absolute Gasteiger partial charge is 0.394 e. The van der Waals surface area contributed by atoms with Gasteiger partial charge in [-0.25, -0.2) is 0 Å². The lowest BCUT2D eigenvalue weighted by molar-refractivity contribution is -0.131. The van der Waals surface area contributed by atoms with Gasteiger partial charge in [-0.15, -0.1) is 0 Å². The van der Waals surface area contributed by atoms with E-state index in [0.717, 1.165) is 0 Å². The van der Waals surface area contributed by atoms with Crippen molar-refractivity contribution in [2.24, 2.45) is 0 Å². The molecule has 0 amide bonds. The number of ether oxygens (including phenoxy) is 1. The third-order valence-corrected chi connectivity index (χ3v) is 4.26. The van der Waals surface area contributed by atoms with E-state index in [-0.39, 0.29) is 19.7 Å². The zero-order chi connectivity index (χ0) is 14.2. The summed E-state index contributed by atoms with van der Waals surface area (Å²) in [5.41, 5.74) is -1.13.